The first-order chi connectivity index (χ1) is 12.2. The second kappa shape index (κ2) is 6.58. The van der Waals surface area contributed by atoms with Crippen molar-refractivity contribution in [2.24, 2.45) is 7.05 Å². The van der Waals surface area contributed by atoms with E-state index < -0.39 is 6.10 Å². The molecule has 4 rings (SSSR count). The van der Waals surface area contributed by atoms with Crippen LogP contribution < -0.4 is 5.32 Å². The maximum Gasteiger partial charge on any atom is 0.156 e. The summed E-state index contributed by atoms with van der Waals surface area (Å²) < 4.78 is 12.9. The summed E-state index contributed by atoms with van der Waals surface area (Å²) in [7, 11) is 1.88. The molecule has 1 unspecified atom stereocenters. The number of nitrogens with zero attached hydrogens (tertiary/aromatic N) is 2. The average Bonchev–Trinajstić information content (AvgIpc) is 3.33. The van der Waals surface area contributed by atoms with Crippen LogP contribution in [0.25, 0.3) is 22.4 Å². The molecule has 0 aliphatic rings. The summed E-state index contributed by atoms with van der Waals surface area (Å²) >= 11 is 0. The fourth-order valence-electron chi connectivity index (χ4n) is 2.90. The number of hydrogen-bond donors (Lipinski definition) is 2. The largest absolute Gasteiger partial charge is 0.467 e. The molecule has 25 heavy (non-hydrogen) atoms. The van der Waals surface area contributed by atoms with E-state index in [0.717, 1.165) is 28.0 Å². The summed E-state index contributed by atoms with van der Waals surface area (Å²) in [6.07, 6.45) is 2.83. The number of nitrogens with one attached hydrogen (secondary N) is 1. The van der Waals surface area contributed by atoms with Gasteiger partial charge in [-0.15, -0.1) is 0 Å². The summed E-state index contributed by atoms with van der Waals surface area (Å²) in [6.45, 7) is 0.958. The van der Waals surface area contributed by atoms with E-state index in [4.69, 9.17) is 8.83 Å². The molecule has 0 aliphatic carbocycles. The molecule has 6 nitrogen and oxygen atoms in total. The molecular formula is C19H19N3O3. The Morgan fingerprint density at radius 1 is 1.24 bits per heavy atom. The van der Waals surface area contributed by atoms with Gasteiger partial charge >= 0.3 is 0 Å². The predicted molar refractivity (Wildman–Crippen MR) is 93.8 cm³/mol. The summed E-state index contributed by atoms with van der Waals surface area (Å²) in [4.78, 5) is 0. The van der Waals surface area contributed by atoms with Gasteiger partial charge in [-0.3, -0.25) is 4.68 Å². The summed E-state index contributed by atoms with van der Waals surface area (Å²) in [6, 6.07) is 13.4. The van der Waals surface area contributed by atoms with E-state index >= 15 is 0 Å². The number of para-hydroxylation sites is 1. The standard InChI is InChI=1S/C19H19N3O3/c1-22-12-14(10-20-11-15(23)17-7-4-8-24-17)19(21-22)18-9-13-5-2-3-6-16(13)25-18/h2-9,12,15,20,23H,10-11H2,1H3. The Morgan fingerprint density at radius 3 is 2.92 bits per heavy atom. The normalized spacial score (nSPS) is 12.7. The van der Waals surface area contributed by atoms with E-state index in [0.29, 0.717) is 18.8 Å². The second-order valence-electron chi connectivity index (χ2n) is 5.99. The fraction of sp³-hybridized carbons (Fsp3) is 0.211. The third kappa shape index (κ3) is 3.22. The third-order valence-electron chi connectivity index (χ3n) is 4.09. The van der Waals surface area contributed by atoms with Crippen molar-refractivity contribution in [1.82, 2.24) is 15.1 Å². The molecule has 0 saturated heterocycles. The highest BCUT2D eigenvalue weighted by molar-refractivity contribution is 5.82. The molecule has 6 heteroatoms. The number of benzene rings is 1. The Morgan fingerprint density at radius 2 is 2.12 bits per heavy atom. The maximum absolute atomic E-state index is 10.1. The van der Waals surface area contributed by atoms with Gasteiger partial charge in [-0.05, 0) is 24.3 Å². The lowest BCUT2D eigenvalue weighted by atomic mass is 10.2. The molecular weight excluding hydrogens is 318 g/mol. The van der Waals surface area contributed by atoms with Gasteiger partial charge in [0.1, 0.15) is 23.1 Å². The van der Waals surface area contributed by atoms with Gasteiger partial charge in [0.05, 0.1) is 6.26 Å². The van der Waals surface area contributed by atoms with E-state index in [1.54, 1.807) is 23.1 Å². The zero-order chi connectivity index (χ0) is 17.2. The average molecular weight is 337 g/mol. The van der Waals surface area contributed by atoms with Crippen LogP contribution in [0.4, 0.5) is 0 Å². The van der Waals surface area contributed by atoms with Crippen molar-refractivity contribution in [3.05, 3.63) is 66.2 Å². The van der Waals surface area contributed by atoms with Gasteiger partial charge in [-0.2, -0.15) is 5.10 Å². The van der Waals surface area contributed by atoms with Crippen LogP contribution in [0.5, 0.6) is 0 Å². The Kier molecular flexibility index (Phi) is 4.13. The minimum Gasteiger partial charge on any atom is -0.467 e. The first kappa shape index (κ1) is 15.7. The van der Waals surface area contributed by atoms with Crippen LogP contribution in [-0.2, 0) is 13.6 Å². The fourth-order valence-corrected chi connectivity index (χ4v) is 2.90. The summed E-state index contributed by atoms with van der Waals surface area (Å²) in [5.74, 6) is 1.29. The molecule has 0 amide bonds. The molecule has 2 N–H and O–H groups in total. The van der Waals surface area contributed by atoms with Crippen LogP contribution in [0.1, 0.15) is 17.4 Å². The Labute approximate surface area is 144 Å². The van der Waals surface area contributed by atoms with Gasteiger partial charge in [-0.1, -0.05) is 18.2 Å². The molecule has 0 bridgehead atoms. The van der Waals surface area contributed by atoms with Crippen LogP contribution in [0.15, 0.2) is 63.8 Å². The lowest BCUT2D eigenvalue weighted by molar-refractivity contribution is 0.147. The molecule has 0 spiro atoms. The Hall–Kier alpha value is -2.83. The van der Waals surface area contributed by atoms with Gasteiger partial charge in [-0.25, -0.2) is 0 Å². The first-order valence-electron chi connectivity index (χ1n) is 8.14. The SMILES string of the molecule is Cn1cc(CNCC(O)c2ccco2)c(-c2cc3ccccc3o2)n1. The van der Waals surface area contributed by atoms with Crippen molar-refractivity contribution in [2.75, 3.05) is 6.54 Å². The van der Waals surface area contributed by atoms with Crippen LogP contribution in [0.2, 0.25) is 0 Å². The molecule has 3 aromatic heterocycles. The van der Waals surface area contributed by atoms with E-state index in [1.807, 2.05) is 43.6 Å². The second-order valence-corrected chi connectivity index (χ2v) is 5.99. The van der Waals surface area contributed by atoms with Crippen LogP contribution >= 0.6 is 0 Å². The molecule has 1 atom stereocenters. The van der Waals surface area contributed by atoms with Crippen molar-refractivity contribution < 1.29 is 13.9 Å². The number of aromatic nitrogens is 2. The maximum atomic E-state index is 10.1. The minimum atomic E-state index is -0.679. The topological polar surface area (TPSA) is 76.4 Å². The zero-order valence-corrected chi connectivity index (χ0v) is 13.8. The van der Waals surface area contributed by atoms with Crippen molar-refractivity contribution in [2.45, 2.75) is 12.6 Å². The number of aryl methyl sites for hydroxylation is 1. The van der Waals surface area contributed by atoms with E-state index in [-0.39, 0.29) is 0 Å². The Bertz CT molecular complexity index is 936. The molecule has 1 aromatic carbocycles. The first-order valence-corrected chi connectivity index (χ1v) is 8.14. The van der Waals surface area contributed by atoms with Gasteiger partial charge in [0.25, 0.3) is 0 Å². The highest BCUT2D eigenvalue weighted by atomic mass is 16.4. The number of hydrogen-bond acceptors (Lipinski definition) is 5. The molecule has 0 fully saturated rings. The highest BCUT2D eigenvalue weighted by Crippen LogP contribution is 2.29. The number of fused-ring (bicyclic) bond motifs is 1. The molecule has 3 heterocycles. The molecule has 0 radical (unpaired) electrons. The molecule has 128 valence electrons. The van der Waals surface area contributed by atoms with Gasteiger partial charge < -0.3 is 19.3 Å². The van der Waals surface area contributed by atoms with Crippen LogP contribution in [0.3, 0.4) is 0 Å². The molecule has 0 aliphatic heterocycles. The summed E-state index contributed by atoms with van der Waals surface area (Å²) in [5, 5.41) is 18.9. The van der Waals surface area contributed by atoms with E-state index in [2.05, 4.69) is 10.4 Å². The number of aliphatic hydroxyl groups excluding tert-OH is 1. The Balaban J connectivity index is 1.51. The van der Waals surface area contributed by atoms with E-state index in [9.17, 15) is 5.11 Å². The monoisotopic (exact) mass is 337 g/mol. The third-order valence-corrected chi connectivity index (χ3v) is 4.09. The number of aliphatic hydroxyl groups is 1. The van der Waals surface area contributed by atoms with Crippen LogP contribution in [0, 0.1) is 0 Å². The van der Waals surface area contributed by atoms with Gasteiger partial charge in [0.2, 0.25) is 0 Å². The highest BCUT2D eigenvalue weighted by Gasteiger charge is 2.16. The summed E-state index contributed by atoms with van der Waals surface area (Å²) in [5.41, 5.74) is 2.65. The lowest BCUT2D eigenvalue weighted by Gasteiger charge is -2.09. The predicted octanol–water partition coefficient (Wildman–Crippen LogP) is 3.25. The van der Waals surface area contributed by atoms with E-state index in [1.165, 1.54) is 0 Å². The quantitative estimate of drug-likeness (QED) is 0.565. The van der Waals surface area contributed by atoms with Crippen molar-refractivity contribution in [3.8, 4) is 11.5 Å². The molecule has 0 saturated carbocycles. The van der Waals surface area contributed by atoms with Crippen molar-refractivity contribution >= 4 is 11.0 Å². The van der Waals surface area contributed by atoms with Crippen molar-refractivity contribution in [3.63, 3.8) is 0 Å². The van der Waals surface area contributed by atoms with Crippen molar-refractivity contribution in [1.29, 1.82) is 0 Å². The molecule has 4 aromatic rings. The van der Waals surface area contributed by atoms with Gasteiger partial charge in [0.15, 0.2) is 5.76 Å². The van der Waals surface area contributed by atoms with Crippen LogP contribution in [-0.4, -0.2) is 21.4 Å². The smallest absolute Gasteiger partial charge is 0.156 e. The lowest BCUT2D eigenvalue weighted by Crippen LogP contribution is -2.20. The number of furan rings is 2. The van der Waals surface area contributed by atoms with Gasteiger partial charge in [0, 0.05) is 37.3 Å². The minimum absolute atomic E-state index is 0.391. The number of rotatable bonds is 6. The zero-order valence-electron chi connectivity index (χ0n) is 13.8.